The number of carbonyl (C=O) groups is 2. The number of hydrogen-bond donors (Lipinski definition) is 1. The van der Waals surface area contributed by atoms with Gasteiger partial charge in [0.15, 0.2) is 6.61 Å². The fraction of sp³-hybridized carbons (Fsp3) is 0.619. The number of hydrogen-bond acceptors (Lipinski definition) is 3. The standard InChI is InChI=1S/C21H30N2O3/c24-20(23-14-8-1-2-9-15-23)16-26-19-13-7-6-12-18(19)21(25)22-17-10-4-3-5-11-17/h6-7,12-13,17H,1-5,8-11,14-16H2,(H,22,25). The topological polar surface area (TPSA) is 58.6 Å². The number of para-hydroxylation sites is 1. The van der Waals surface area contributed by atoms with Crippen molar-refractivity contribution in [3.63, 3.8) is 0 Å². The van der Waals surface area contributed by atoms with Crippen molar-refractivity contribution in [1.82, 2.24) is 10.2 Å². The molecule has 0 radical (unpaired) electrons. The summed E-state index contributed by atoms with van der Waals surface area (Å²) < 4.78 is 5.75. The van der Waals surface area contributed by atoms with E-state index in [1.54, 1.807) is 12.1 Å². The zero-order chi connectivity index (χ0) is 18.2. The summed E-state index contributed by atoms with van der Waals surface area (Å²) in [5, 5.41) is 3.12. The van der Waals surface area contributed by atoms with Crippen LogP contribution in [0.25, 0.3) is 0 Å². The first-order valence-corrected chi connectivity index (χ1v) is 10.0. The summed E-state index contributed by atoms with van der Waals surface area (Å²) in [5.41, 5.74) is 0.515. The molecule has 0 atom stereocenters. The Bertz CT molecular complexity index is 603. The molecule has 1 aliphatic heterocycles. The van der Waals surface area contributed by atoms with Gasteiger partial charge in [0.25, 0.3) is 11.8 Å². The summed E-state index contributed by atoms with van der Waals surface area (Å²) in [7, 11) is 0. The van der Waals surface area contributed by atoms with Crippen molar-refractivity contribution >= 4 is 11.8 Å². The maximum absolute atomic E-state index is 12.6. The smallest absolute Gasteiger partial charge is 0.260 e. The van der Waals surface area contributed by atoms with E-state index in [4.69, 9.17) is 4.74 Å². The molecule has 5 nitrogen and oxygen atoms in total. The Kier molecular flexibility index (Phi) is 6.92. The van der Waals surface area contributed by atoms with Crippen molar-refractivity contribution < 1.29 is 14.3 Å². The van der Waals surface area contributed by atoms with Gasteiger partial charge in [0.05, 0.1) is 5.56 Å². The third-order valence-corrected chi connectivity index (χ3v) is 5.38. The van der Waals surface area contributed by atoms with E-state index < -0.39 is 0 Å². The number of benzene rings is 1. The summed E-state index contributed by atoms with van der Waals surface area (Å²) in [4.78, 5) is 26.9. The number of rotatable bonds is 5. The first-order valence-electron chi connectivity index (χ1n) is 10.0. The monoisotopic (exact) mass is 358 g/mol. The van der Waals surface area contributed by atoms with Crippen LogP contribution in [0.2, 0.25) is 0 Å². The van der Waals surface area contributed by atoms with Crippen molar-refractivity contribution in [3.05, 3.63) is 29.8 Å². The van der Waals surface area contributed by atoms with Crippen molar-refractivity contribution in [2.75, 3.05) is 19.7 Å². The number of ether oxygens (including phenoxy) is 1. The Labute approximate surface area is 156 Å². The number of nitrogens with zero attached hydrogens (tertiary/aromatic N) is 1. The van der Waals surface area contributed by atoms with Gasteiger partial charge in [-0.1, -0.05) is 44.2 Å². The number of likely N-dealkylation sites (tertiary alicyclic amines) is 1. The van der Waals surface area contributed by atoms with Crippen LogP contribution >= 0.6 is 0 Å². The van der Waals surface area contributed by atoms with Crippen LogP contribution in [-0.2, 0) is 4.79 Å². The van der Waals surface area contributed by atoms with Crippen LogP contribution in [0.3, 0.4) is 0 Å². The Balaban J connectivity index is 1.57. The van der Waals surface area contributed by atoms with Gasteiger partial charge in [-0.15, -0.1) is 0 Å². The lowest BCUT2D eigenvalue weighted by atomic mass is 9.95. The van der Waals surface area contributed by atoms with E-state index in [0.29, 0.717) is 11.3 Å². The molecule has 1 aromatic rings. The molecule has 142 valence electrons. The molecule has 1 N–H and O–H groups in total. The number of amides is 2. The maximum Gasteiger partial charge on any atom is 0.260 e. The van der Waals surface area contributed by atoms with Crippen LogP contribution < -0.4 is 10.1 Å². The van der Waals surface area contributed by atoms with E-state index in [-0.39, 0.29) is 24.5 Å². The highest BCUT2D eigenvalue weighted by molar-refractivity contribution is 5.97. The van der Waals surface area contributed by atoms with Gasteiger partial charge in [-0.25, -0.2) is 0 Å². The van der Waals surface area contributed by atoms with Gasteiger partial charge < -0.3 is 15.0 Å². The van der Waals surface area contributed by atoms with Gasteiger partial charge in [0.1, 0.15) is 5.75 Å². The molecule has 0 aromatic heterocycles. The summed E-state index contributed by atoms with van der Waals surface area (Å²) in [5.74, 6) is 0.396. The third kappa shape index (κ3) is 5.23. The van der Waals surface area contributed by atoms with E-state index in [2.05, 4.69) is 5.32 Å². The van der Waals surface area contributed by atoms with E-state index in [9.17, 15) is 9.59 Å². The molecule has 3 rings (SSSR count). The van der Waals surface area contributed by atoms with E-state index in [1.807, 2.05) is 17.0 Å². The zero-order valence-corrected chi connectivity index (χ0v) is 15.5. The highest BCUT2D eigenvalue weighted by atomic mass is 16.5. The van der Waals surface area contributed by atoms with Gasteiger partial charge in [-0.2, -0.15) is 0 Å². The van der Waals surface area contributed by atoms with Gasteiger partial charge in [-0.3, -0.25) is 9.59 Å². The third-order valence-electron chi connectivity index (χ3n) is 5.38. The first-order chi connectivity index (χ1) is 12.7. The molecule has 26 heavy (non-hydrogen) atoms. The van der Waals surface area contributed by atoms with Crippen LogP contribution in [-0.4, -0.2) is 42.5 Å². The van der Waals surface area contributed by atoms with Crippen molar-refractivity contribution in [2.45, 2.75) is 63.8 Å². The summed E-state index contributed by atoms with van der Waals surface area (Å²) in [6.45, 7) is 1.62. The average Bonchev–Trinajstić information content (AvgIpc) is 2.97. The van der Waals surface area contributed by atoms with Gasteiger partial charge in [0.2, 0.25) is 0 Å². The lowest BCUT2D eigenvalue weighted by Crippen LogP contribution is -2.37. The minimum atomic E-state index is -0.102. The van der Waals surface area contributed by atoms with Crippen molar-refractivity contribution in [2.24, 2.45) is 0 Å². The minimum Gasteiger partial charge on any atom is -0.483 e. The lowest BCUT2D eigenvalue weighted by Gasteiger charge is -2.23. The molecule has 1 saturated heterocycles. The second-order valence-corrected chi connectivity index (χ2v) is 7.39. The minimum absolute atomic E-state index is 0.00623. The molecule has 1 heterocycles. The van der Waals surface area contributed by atoms with Crippen molar-refractivity contribution in [3.8, 4) is 5.75 Å². The predicted octanol–water partition coefficient (Wildman–Crippen LogP) is 3.53. The molecule has 2 fully saturated rings. The molecule has 1 aliphatic carbocycles. The Morgan fingerprint density at radius 1 is 0.962 bits per heavy atom. The summed E-state index contributed by atoms with van der Waals surface area (Å²) in [6, 6.07) is 7.46. The molecule has 5 heteroatoms. The summed E-state index contributed by atoms with van der Waals surface area (Å²) in [6.07, 6.45) is 10.2. The largest absolute Gasteiger partial charge is 0.483 e. The fourth-order valence-electron chi connectivity index (χ4n) is 3.84. The Hall–Kier alpha value is -2.04. The van der Waals surface area contributed by atoms with Crippen LogP contribution in [0.5, 0.6) is 5.75 Å². The van der Waals surface area contributed by atoms with E-state index in [1.165, 1.54) is 32.1 Å². The second-order valence-electron chi connectivity index (χ2n) is 7.39. The lowest BCUT2D eigenvalue weighted by molar-refractivity contribution is -0.133. The van der Waals surface area contributed by atoms with Crippen molar-refractivity contribution in [1.29, 1.82) is 0 Å². The normalized spacial score (nSPS) is 18.8. The Morgan fingerprint density at radius 2 is 1.62 bits per heavy atom. The van der Waals surface area contributed by atoms with Crippen LogP contribution in [0, 0.1) is 0 Å². The highest BCUT2D eigenvalue weighted by Crippen LogP contribution is 2.21. The molecule has 1 aromatic carbocycles. The average molecular weight is 358 g/mol. The molecule has 0 spiro atoms. The summed E-state index contributed by atoms with van der Waals surface area (Å²) >= 11 is 0. The number of carbonyl (C=O) groups excluding carboxylic acids is 2. The number of nitrogens with one attached hydrogen (secondary N) is 1. The molecular weight excluding hydrogens is 328 g/mol. The highest BCUT2D eigenvalue weighted by Gasteiger charge is 2.20. The molecule has 2 aliphatic rings. The second kappa shape index (κ2) is 9.60. The van der Waals surface area contributed by atoms with Gasteiger partial charge in [0, 0.05) is 19.1 Å². The van der Waals surface area contributed by atoms with Crippen LogP contribution in [0.15, 0.2) is 24.3 Å². The maximum atomic E-state index is 12.6. The Morgan fingerprint density at radius 3 is 2.35 bits per heavy atom. The molecule has 2 amide bonds. The predicted molar refractivity (Wildman–Crippen MR) is 101 cm³/mol. The molecule has 1 saturated carbocycles. The van der Waals surface area contributed by atoms with E-state index in [0.717, 1.165) is 38.8 Å². The quantitative estimate of drug-likeness (QED) is 0.876. The fourth-order valence-corrected chi connectivity index (χ4v) is 3.84. The molecule has 0 bridgehead atoms. The van der Waals surface area contributed by atoms with Gasteiger partial charge in [-0.05, 0) is 37.8 Å². The SMILES string of the molecule is O=C(NC1CCCCC1)c1ccccc1OCC(=O)N1CCCCCC1. The molecular formula is C21H30N2O3. The first kappa shape index (κ1) is 18.7. The van der Waals surface area contributed by atoms with Gasteiger partial charge >= 0.3 is 0 Å². The zero-order valence-electron chi connectivity index (χ0n) is 15.5. The van der Waals surface area contributed by atoms with E-state index >= 15 is 0 Å². The molecule has 0 unspecified atom stereocenters. The van der Waals surface area contributed by atoms with Crippen LogP contribution in [0.4, 0.5) is 0 Å². The van der Waals surface area contributed by atoms with Crippen LogP contribution in [0.1, 0.15) is 68.1 Å².